The summed E-state index contributed by atoms with van der Waals surface area (Å²) in [6.07, 6.45) is 6.53. The standard InChI is InChI=1S/C17H24N3O/c1-2-20(12-15-7-4-3-5-8-15)13-17(11-18-20)19-16-9-6-10-21-14-16/h3-5,7-8,11,13,16,19H,2,6,9-10,12,14H2,1H3/q+1. The third-order valence-corrected chi connectivity index (χ3v) is 4.18. The molecule has 2 heterocycles. The van der Waals surface area contributed by atoms with E-state index in [0.717, 1.165) is 38.4 Å². The zero-order valence-corrected chi connectivity index (χ0v) is 12.7. The van der Waals surface area contributed by atoms with Crippen LogP contribution in [0.4, 0.5) is 0 Å². The van der Waals surface area contributed by atoms with Gasteiger partial charge in [-0.3, -0.25) is 0 Å². The van der Waals surface area contributed by atoms with Crippen molar-refractivity contribution in [3.05, 3.63) is 47.8 Å². The van der Waals surface area contributed by atoms with E-state index in [4.69, 9.17) is 9.84 Å². The van der Waals surface area contributed by atoms with E-state index in [2.05, 4.69) is 48.8 Å². The summed E-state index contributed by atoms with van der Waals surface area (Å²) in [5.74, 6) is 0. The zero-order valence-electron chi connectivity index (χ0n) is 12.7. The van der Waals surface area contributed by atoms with E-state index in [9.17, 15) is 0 Å². The molecule has 2 aliphatic rings. The average molecular weight is 286 g/mol. The highest BCUT2D eigenvalue weighted by Gasteiger charge is 2.29. The summed E-state index contributed by atoms with van der Waals surface area (Å²) in [4.78, 5) is 0. The van der Waals surface area contributed by atoms with Crippen LogP contribution >= 0.6 is 0 Å². The van der Waals surface area contributed by atoms with E-state index in [1.165, 1.54) is 12.0 Å². The maximum Gasteiger partial charge on any atom is 0.148 e. The van der Waals surface area contributed by atoms with Gasteiger partial charge in [-0.1, -0.05) is 35.4 Å². The van der Waals surface area contributed by atoms with Crippen molar-refractivity contribution in [2.24, 2.45) is 5.10 Å². The van der Waals surface area contributed by atoms with Gasteiger partial charge in [-0.05, 0) is 19.8 Å². The van der Waals surface area contributed by atoms with Crippen LogP contribution in [0.3, 0.4) is 0 Å². The molecule has 0 bridgehead atoms. The molecular formula is C17H24N3O+. The molecule has 1 fully saturated rings. The van der Waals surface area contributed by atoms with Crippen molar-refractivity contribution in [1.29, 1.82) is 0 Å². The minimum absolute atomic E-state index is 0.421. The van der Waals surface area contributed by atoms with Crippen molar-refractivity contribution in [2.45, 2.75) is 32.4 Å². The molecule has 1 saturated heterocycles. The van der Waals surface area contributed by atoms with Crippen LogP contribution in [-0.2, 0) is 11.3 Å². The Labute approximate surface area is 126 Å². The second-order valence-electron chi connectivity index (χ2n) is 5.83. The average Bonchev–Trinajstić information content (AvgIpc) is 2.93. The summed E-state index contributed by atoms with van der Waals surface area (Å²) in [6.45, 7) is 5.74. The van der Waals surface area contributed by atoms with E-state index < -0.39 is 0 Å². The second-order valence-corrected chi connectivity index (χ2v) is 5.83. The van der Waals surface area contributed by atoms with Gasteiger partial charge in [0.05, 0.1) is 6.61 Å². The Bertz CT molecular complexity index is 520. The molecule has 21 heavy (non-hydrogen) atoms. The summed E-state index contributed by atoms with van der Waals surface area (Å²) in [6, 6.07) is 11.0. The van der Waals surface area contributed by atoms with Crippen LogP contribution in [0, 0.1) is 0 Å². The van der Waals surface area contributed by atoms with Crippen molar-refractivity contribution >= 4 is 6.21 Å². The largest absolute Gasteiger partial charge is 0.379 e. The molecule has 0 aliphatic carbocycles. The van der Waals surface area contributed by atoms with Gasteiger partial charge in [-0.15, -0.1) is 0 Å². The molecule has 4 heteroatoms. The number of nitrogens with one attached hydrogen (secondary N) is 1. The van der Waals surface area contributed by atoms with E-state index in [1.54, 1.807) is 0 Å². The molecule has 2 aliphatic heterocycles. The zero-order chi connectivity index (χ0) is 14.5. The van der Waals surface area contributed by atoms with Crippen molar-refractivity contribution < 1.29 is 9.33 Å². The lowest BCUT2D eigenvalue weighted by Crippen LogP contribution is -2.37. The van der Waals surface area contributed by atoms with Crippen LogP contribution in [0.5, 0.6) is 0 Å². The molecule has 1 N–H and O–H groups in total. The summed E-state index contributed by atoms with van der Waals surface area (Å²) in [5, 5.41) is 8.31. The van der Waals surface area contributed by atoms with Crippen molar-refractivity contribution in [2.75, 3.05) is 19.8 Å². The normalized spacial score (nSPS) is 28.4. The lowest BCUT2D eigenvalue weighted by Gasteiger charge is -2.25. The van der Waals surface area contributed by atoms with E-state index >= 15 is 0 Å². The molecule has 0 saturated carbocycles. The monoisotopic (exact) mass is 286 g/mol. The SMILES string of the molecule is CC[N+]1(Cc2ccccc2)C=C(NC2CCCOC2)C=N1. The van der Waals surface area contributed by atoms with Crippen molar-refractivity contribution in [1.82, 2.24) is 5.32 Å². The van der Waals surface area contributed by atoms with Gasteiger partial charge in [0, 0.05) is 18.2 Å². The number of allylic oxidation sites excluding steroid dienone is 1. The fourth-order valence-electron chi connectivity index (χ4n) is 2.94. The Morgan fingerprint density at radius 2 is 2.19 bits per heavy atom. The van der Waals surface area contributed by atoms with Gasteiger partial charge in [-0.25, -0.2) is 0 Å². The van der Waals surface area contributed by atoms with Gasteiger partial charge < -0.3 is 10.1 Å². The quantitative estimate of drug-likeness (QED) is 0.844. The van der Waals surface area contributed by atoms with Crippen LogP contribution < -0.4 is 5.32 Å². The van der Waals surface area contributed by atoms with E-state index in [-0.39, 0.29) is 0 Å². The summed E-state index contributed by atoms with van der Waals surface area (Å²) in [7, 11) is 0. The molecule has 2 unspecified atom stereocenters. The third-order valence-electron chi connectivity index (χ3n) is 4.18. The first-order valence-electron chi connectivity index (χ1n) is 7.83. The van der Waals surface area contributed by atoms with Gasteiger partial charge in [0.1, 0.15) is 31.2 Å². The fraction of sp³-hybridized carbons (Fsp3) is 0.471. The van der Waals surface area contributed by atoms with Crippen molar-refractivity contribution in [3.8, 4) is 0 Å². The third kappa shape index (κ3) is 3.52. The van der Waals surface area contributed by atoms with Crippen molar-refractivity contribution in [3.63, 3.8) is 0 Å². The smallest absolute Gasteiger partial charge is 0.148 e. The molecule has 0 spiro atoms. The number of nitrogens with zero attached hydrogens (tertiary/aromatic N) is 2. The van der Waals surface area contributed by atoms with Crippen LogP contribution in [0.25, 0.3) is 0 Å². The van der Waals surface area contributed by atoms with Gasteiger partial charge in [0.15, 0.2) is 0 Å². The Morgan fingerprint density at radius 1 is 1.33 bits per heavy atom. The van der Waals surface area contributed by atoms with Crippen LogP contribution in [0.1, 0.15) is 25.3 Å². The fourth-order valence-corrected chi connectivity index (χ4v) is 2.94. The Balaban J connectivity index is 1.68. The molecule has 2 atom stereocenters. The Kier molecular flexibility index (Phi) is 4.36. The maximum atomic E-state index is 5.53. The molecule has 3 rings (SSSR count). The lowest BCUT2D eigenvalue weighted by molar-refractivity contribution is -0.895. The molecule has 1 aromatic rings. The van der Waals surface area contributed by atoms with Gasteiger partial charge in [0.2, 0.25) is 0 Å². The first-order valence-corrected chi connectivity index (χ1v) is 7.83. The van der Waals surface area contributed by atoms with Crippen LogP contribution in [-0.4, -0.2) is 36.6 Å². The number of hydrogen-bond donors (Lipinski definition) is 1. The van der Waals surface area contributed by atoms with Gasteiger partial charge >= 0.3 is 0 Å². The Morgan fingerprint density at radius 3 is 2.90 bits per heavy atom. The van der Waals surface area contributed by atoms with E-state index in [0.29, 0.717) is 10.6 Å². The van der Waals surface area contributed by atoms with Gasteiger partial charge in [0.25, 0.3) is 0 Å². The van der Waals surface area contributed by atoms with Gasteiger partial charge in [-0.2, -0.15) is 4.59 Å². The van der Waals surface area contributed by atoms with E-state index in [1.807, 2.05) is 6.21 Å². The molecule has 112 valence electrons. The highest BCUT2D eigenvalue weighted by atomic mass is 16.5. The maximum absolute atomic E-state index is 5.53. The summed E-state index contributed by atoms with van der Waals surface area (Å²) in [5.41, 5.74) is 2.44. The lowest BCUT2D eigenvalue weighted by atomic mass is 10.1. The molecule has 1 aromatic carbocycles. The summed E-state index contributed by atoms with van der Waals surface area (Å²) < 4.78 is 6.17. The van der Waals surface area contributed by atoms with Crippen LogP contribution in [0.15, 0.2) is 47.3 Å². The number of rotatable bonds is 5. The molecule has 0 amide bonds. The topological polar surface area (TPSA) is 33.6 Å². The Hall–Kier alpha value is -1.65. The second kappa shape index (κ2) is 6.41. The minimum atomic E-state index is 0.421. The predicted octanol–water partition coefficient (Wildman–Crippen LogP) is 2.63. The van der Waals surface area contributed by atoms with Crippen LogP contribution in [0.2, 0.25) is 0 Å². The predicted molar refractivity (Wildman–Crippen MR) is 84.5 cm³/mol. The highest BCUT2D eigenvalue weighted by Crippen LogP contribution is 2.22. The number of hydrogen-bond acceptors (Lipinski definition) is 3. The minimum Gasteiger partial charge on any atom is -0.379 e. The molecule has 0 radical (unpaired) electrons. The number of benzene rings is 1. The molecule has 4 nitrogen and oxygen atoms in total. The first kappa shape index (κ1) is 14.3. The number of ether oxygens (including phenoxy) is 1. The number of quaternary nitrogens is 1. The highest BCUT2D eigenvalue weighted by molar-refractivity contribution is 5.78. The molecule has 0 aromatic heterocycles. The summed E-state index contributed by atoms with van der Waals surface area (Å²) >= 11 is 0. The first-order chi connectivity index (χ1) is 10.3. The molecular weight excluding hydrogens is 262 g/mol.